The molecular weight excluding hydrogens is 345 g/mol. The Labute approximate surface area is 158 Å². The largest absolute Gasteiger partial charge is 0.368 e. The first kappa shape index (κ1) is 18.9. The van der Waals surface area contributed by atoms with Gasteiger partial charge in [0.05, 0.1) is 0 Å². The lowest BCUT2D eigenvalue weighted by molar-refractivity contribution is -0.143. The summed E-state index contributed by atoms with van der Waals surface area (Å²) in [6, 6.07) is 13.8. The maximum Gasteiger partial charge on any atom is 0.313 e. The molecule has 1 saturated heterocycles. The molecule has 27 heavy (non-hydrogen) atoms. The van der Waals surface area contributed by atoms with Crippen LogP contribution in [0.15, 0.2) is 48.5 Å². The summed E-state index contributed by atoms with van der Waals surface area (Å²) in [7, 11) is 0. The normalized spacial score (nSPS) is 14.4. The Kier molecular flexibility index (Phi) is 5.74. The van der Waals surface area contributed by atoms with Crippen LogP contribution in [0.4, 0.5) is 15.8 Å². The zero-order chi connectivity index (χ0) is 19.4. The highest BCUT2D eigenvalue weighted by molar-refractivity contribution is 6.39. The van der Waals surface area contributed by atoms with E-state index < -0.39 is 11.8 Å². The number of benzene rings is 2. The van der Waals surface area contributed by atoms with Gasteiger partial charge in [0.1, 0.15) is 5.82 Å². The smallest absolute Gasteiger partial charge is 0.313 e. The van der Waals surface area contributed by atoms with E-state index >= 15 is 0 Å². The van der Waals surface area contributed by atoms with Crippen molar-refractivity contribution in [3.8, 4) is 0 Å². The fourth-order valence-corrected chi connectivity index (χ4v) is 3.10. The van der Waals surface area contributed by atoms with Gasteiger partial charge in [-0.15, -0.1) is 0 Å². The number of piperazine rings is 1. The minimum Gasteiger partial charge on any atom is -0.368 e. The van der Waals surface area contributed by atoms with E-state index in [9.17, 15) is 14.0 Å². The molecule has 0 saturated carbocycles. The molecule has 0 aliphatic carbocycles. The predicted molar refractivity (Wildman–Crippen MR) is 104 cm³/mol. The van der Waals surface area contributed by atoms with Crippen molar-refractivity contribution in [2.24, 2.45) is 0 Å². The number of rotatable bonds is 3. The van der Waals surface area contributed by atoms with Gasteiger partial charge < -0.3 is 15.1 Å². The minimum absolute atomic E-state index is 0.273. The van der Waals surface area contributed by atoms with Crippen LogP contribution in [0.25, 0.3) is 0 Å². The minimum atomic E-state index is -0.623. The Morgan fingerprint density at radius 3 is 2.07 bits per heavy atom. The van der Waals surface area contributed by atoms with Gasteiger partial charge in [-0.3, -0.25) is 9.59 Å². The van der Waals surface area contributed by atoms with E-state index in [1.165, 1.54) is 17.7 Å². The topological polar surface area (TPSA) is 52.7 Å². The van der Waals surface area contributed by atoms with E-state index in [0.717, 1.165) is 5.69 Å². The van der Waals surface area contributed by atoms with Gasteiger partial charge >= 0.3 is 11.8 Å². The second kappa shape index (κ2) is 8.20. The van der Waals surface area contributed by atoms with Crippen molar-refractivity contribution in [3.63, 3.8) is 0 Å². The maximum absolute atomic E-state index is 13.0. The number of halogens is 1. The molecule has 0 atom stereocenters. The zero-order valence-electron chi connectivity index (χ0n) is 15.6. The van der Waals surface area contributed by atoms with E-state index in [1.54, 1.807) is 17.0 Å². The summed E-state index contributed by atoms with van der Waals surface area (Å²) in [5, 5.41) is 2.67. The van der Waals surface area contributed by atoms with Crippen molar-refractivity contribution in [1.29, 1.82) is 0 Å². The zero-order valence-corrected chi connectivity index (χ0v) is 15.6. The summed E-state index contributed by atoms with van der Waals surface area (Å²) in [4.78, 5) is 28.3. The molecule has 0 aromatic heterocycles. The molecule has 2 aromatic carbocycles. The maximum atomic E-state index is 13.0. The van der Waals surface area contributed by atoms with Crippen molar-refractivity contribution < 1.29 is 14.0 Å². The van der Waals surface area contributed by atoms with Crippen molar-refractivity contribution >= 4 is 23.2 Å². The molecule has 1 N–H and O–H groups in total. The van der Waals surface area contributed by atoms with Gasteiger partial charge in [-0.25, -0.2) is 4.39 Å². The first-order valence-corrected chi connectivity index (χ1v) is 9.15. The Balaban J connectivity index is 1.53. The molecule has 2 aromatic rings. The van der Waals surface area contributed by atoms with E-state index in [1.807, 2.05) is 24.3 Å². The second-order valence-corrected chi connectivity index (χ2v) is 6.99. The summed E-state index contributed by atoms with van der Waals surface area (Å²) in [6.45, 7) is 6.32. The highest BCUT2D eigenvalue weighted by atomic mass is 19.1. The first-order valence-electron chi connectivity index (χ1n) is 9.15. The molecule has 142 valence electrons. The highest BCUT2D eigenvalue weighted by Crippen LogP contribution is 2.18. The lowest BCUT2D eigenvalue weighted by Crippen LogP contribution is -2.51. The van der Waals surface area contributed by atoms with Crippen molar-refractivity contribution in [2.45, 2.75) is 19.8 Å². The van der Waals surface area contributed by atoms with Crippen LogP contribution in [0.2, 0.25) is 0 Å². The molecule has 0 spiro atoms. The molecule has 2 amide bonds. The number of nitrogens with one attached hydrogen (secondary N) is 1. The summed E-state index contributed by atoms with van der Waals surface area (Å²) in [5.74, 6) is -1.01. The Morgan fingerprint density at radius 2 is 1.52 bits per heavy atom. The molecule has 1 heterocycles. The molecule has 3 rings (SSSR count). The third-order valence-electron chi connectivity index (χ3n) is 4.79. The third kappa shape index (κ3) is 4.64. The van der Waals surface area contributed by atoms with Gasteiger partial charge in [0.2, 0.25) is 0 Å². The summed E-state index contributed by atoms with van der Waals surface area (Å²) >= 11 is 0. The molecule has 0 bridgehead atoms. The number of amides is 2. The molecule has 6 heteroatoms. The SMILES string of the molecule is CC(C)c1ccc(NC(=O)C(=O)N2CCN(c3ccc(F)cc3)CC2)cc1. The van der Waals surface area contributed by atoms with Crippen molar-refractivity contribution in [3.05, 3.63) is 59.9 Å². The number of nitrogens with zero attached hydrogens (tertiary/aromatic N) is 2. The van der Waals surface area contributed by atoms with Gasteiger partial charge in [-0.05, 0) is 47.9 Å². The number of anilines is 2. The fourth-order valence-electron chi connectivity index (χ4n) is 3.10. The van der Waals surface area contributed by atoms with Crippen LogP contribution >= 0.6 is 0 Å². The average Bonchev–Trinajstić information content (AvgIpc) is 2.68. The van der Waals surface area contributed by atoms with E-state index in [2.05, 4.69) is 24.1 Å². The predicted octanol–water partition coefficient (Wildman–Crippen LogP) is 3.24. The number of carbonyl (C=O) groups is 2. The van der Waals surface area contributed by atoms with Crippen LogP contribution in [0.5, 0.6) is 0 Å². The van der Waals surface area contributed by atoms with Crippen LogP contribution in [0, 0.1) is 5.82 Å². The van der Waals surface area contributed by atoms with Crippen LogP contribution in [0.1, 0.15) is 25.3 Å². The van der Waals surface area contributed by atoms with E-state index in [-0.39, 0.29) is 5.82 Å². The van der Waals surface area contributed by atoms with Crippen LogP contribution < -0.4 is 10.2 Å². The van der Waals surface area contributed by atoms with Gasteiger partial charge in [0.15, 0.2) is 0 Å². The molecule has 1 aliphatic rings. The molecule has 0 unspecified atom stereocenters. The van der Waals surface area contributed by atoms with Gasteiger partial charge in [0, 0.05) is 37.6 Å². The standard InChI is InChI=1S/C21H24FN3O2/c1-15(2)16-3-7-18(8-4-16)23-20(26)21(27)25-13-11-24(12-14-25)19-9-5-17(22)6-10-19/h3-10,15H,11-14H2,1-2H3,(H,23,26). The molecule has 0 radical (unpaired) electrons. The molecule has 1 aliphatic heterocycles. The van der Waals surface area contributed by atoms with Crippen LogP contribution in [-0.4, -0.2) is 42.9 Å². The quantitative estimate of drug-likeness (QED) is 0.845. The summed E-state index contributed by atoms with van der Waals surface area (Å²) in [5.41, 5.74) is 2.71. The van der Waals surface area contributed by atoms with E-state index in [0.29, 0.717) is 37.8 Å². The molecular formula is C21H24FN3O2. The molecule has 1 fully saturated rings. The Morgan fingerprint density at radius 1 is 0.926 bits per heavy atom. The fraction of sp³-hybridized carbons (Fsp3) is 0.333. The van der Waals surface area contributed by atoms with Crippen molar-refractivity contribution in [2.75, 3.05) is 36.4 Å². The number of carbonyl (C=O) groups excluding carboxylic acids is 2. The van der Waals surface area contributed by atoms with E-state index in [4.69, 9.17) is 0 Å². The number of hydrogen-bond acceptors (Lipinski definition) is 3. The first-order chi connectivity index (χ1) is 12.9. The second-order valence-electron chi connectivity index (χ2n) is 6.99. The summed E-state index contributed by atoms with van der Waals surface area (Å²) in [6.07, 6.45) is 0. The van der Waals surface area contributed by atoms with Gasteiger partial charge in [0.25, 0.3) is 0 Å². The highest BCUT2D eigenvalue weighted by Gasteiger charge is 2.26. The average molecular weight is 369 g/mol. The lowest BCUT2D eigenvalue weighted by Gasteiger charge is -2.35. The van der Waals surface area contributed by atoms with Crippen LogP contribution in [0.3, 0.4) is 0 Å². The van der Waals surface area contributed by atoms with Crippen molar-refractivity contribution in [1.82, 2.24) is 4.90 Å². The van der Waals surface area contributed by atoms with Gasteiger partial charge in [-0.1, -0.05) is 26.0 Å². The van der Waals surface area contributed by atoms with Gasteiger partial charge in [-0.2, -0.15) is 0 Å². The lowest BCUT2D eigenvalue weighted by atomic mass is 10.0. The monoisotopic (exact) mass is 369 g/mol. The number of hydrogen-bond donors (Lipinski definition) is 1. The molecule has 5 nitrogen and oxygen atoms in total. The third-order valence-corrected chi connectivity index (χ3v) is 4.79. The summed E-state index contributed by atoms with van der Waals surface area (Å²) < 4.78 is 13.0. The Bertz CT molecular complexity index is 795. The Hall–Kier alpha value is -2.89. The van der Waals surface area contributed by atoms with Crippen LogP contribution in [-0.2, 0) is 9.59 Å².